The standard InChI is InChI=1S/C12H10F3N3O2S/c1-6-2-8(16)5-17-12(6)18-21(19,20)11-9(14)3-7(13)4-10(11)15/h2-5H,16H2,1H3,(H,17,18). The maximum absolute atomic E-state index is 13.5. The molecular weight excluding hydrogens is 307 g/mol. The van der Waals surface area contributed by atoms with Crippen LogP contribution >= 0.6 is 0 Å². The average Bonchev–Trinajstić information content (AvgIpc) is 2.30. The third kappa shape index (κ3) is 3.07. The Balaban J connectivity index is 2.48. The van der Waals surface area contributed by atoms with E-state index in [1.54, 1.807) is 0 Å². The number of nitrogen functional groups attached to an aromatic ring is 1. The zero-order valence-electron chi connectivity index (χ0n) is 10.7. The third-order valence-electron chi connectivity index (χ3n) is 2.56. The first kappa shape index (κ1) is 15.1. The predicted octanol–water partition coefficient (Wildman–Crippen LogP) is 2.19. The number of nitrogens with two attached hydrogens (primary N) is 1. The number of aryl methyl sites for hydroxylation is 1. The second-order valence-electron chi connectivity index (χ2n) is 4.24. The van der Waals surface area contributed by atoms with Crippen molar-refractivity contribution in [2.24, 2.45) is 0 Å². The van der Waals surface area contributed by atoms with E-state index in [1.807, 2.05) is 4.72 Å². The van der Waals surface area contributed by atoms with E-state index < -0.39 is 32.4 Å². The summed E-state index contributed by atoms with van der Waals surface area (Å²) in [6.45, 7) is 1.51. The fourth-order valence-electron chi connectivity index (χ4n) is 1.67. The van der Waals surface area contributed by atoms with Crippen molar-refractivity contribution in [2.45, 2.75) is 11.8 Å². The summed E-state index contributed by atoms with van der Waals surface area (Å²) in [7, 11) is -4.60. The quantitative estimate of drug-likeness (QED) is 0.909. The Morgan fingerprint density at radius 1 is 1.14 bits per heavy atom. The molecular formula is C12H10F3N3O2S. The lowest BCUT2D eigenvalue weighted by Gasteiger charge is -2.11. The molecule has 5 nitrogen and oxygen atoms in total. The number of rotatable bonds is 3. The number of pyridine rings is 1. The zero-order chi connectivity index (χ0) is 15.8. The lowest BCUT2D eigenvalue weighted by atomic mass is 10.3. The van der Waals surface area contributed by atoms with Crippen LogP contribution in [0, 0.1) is 24.4 Å². The largest absolute Gasteiger partial charge is 0.397 e. The molecule has 0 radical (unpaired) electrons. The van der Waals surface area contributed by atoms with Gasteiger partial charge in [-0.15, -0.1) is 0 Å². The van der Waals surface area contributed by atoms with Crippen LogP contribution in [0.3, 0.4) is 0 Å². The van der Waals surface area contributed by atoms with Gasteiger partial charge in [0.15, 0.2) is 4.90 Å². The fourth-order valence-corrected chi connectivity index (χ4v) is 2.87. The Morgan fingerprint density at radius 3 is 2.24 bits per heavy atom. The Morgan fingerprint density at radius 2 is 1.71 bits per heavy atom. The van der Waals surface area contributed by atoms with Gasteiger partial charge in [-0.1, -0.05) is 0 Å². The summed E-state index contributed by atoms with van der Waals surface area (Å²) in [6, 6.07) is 1.99. The van der Waals surface area contributed by atoms with E-state index in [9.17, 15) is 21.6 Å². The highest BCUT2D eigenvalue weighted by Crippen LogP contribution is 2.24. The van der Waals surface area contributed by atoms with Crippen LogP contribution in [0.5, 0.6) is 0 Å². The molecule has 9 heteroatoms. The number of anilines is 2. The topological polar surface area (TPSA) is 85.1 Å². The van der Waals surface area contributed by atoms with E-state index in [4.69, 9.17) is 5.73 Å². The van der Waals surface area contributed by atoms with Gasteiger partial charge in [0.2, 0.25) is 0 Å². The van der Waals surface area contributed by atoms with Gasteiger partial charge >= 0.3 is 0 Å². The number of hydrogen-bond donors (Lipinski definition) is 2. The molecule has 0 unspecified atom stereocenters. The van der Waals surface area contributed by atoms with Crippen LogP contribution in [0.2, 0.25) is 0 Å². The minimum absolute atomic E-state index is 0.132. The maximum Gasteiger partial charge on any atom is 0.268 e. The Hall–Kier alpha value is -2.29. The van der Waals surface area contributed by atoms with Gasteiger partial charge in [0.25, 0.3) is 10.0 Å². The minimum atomic E-state index is -4.60. The van der Waals surface area contributed by atoms with Crippen molar-refractivity contribution in [3.63, 3.8) is 0 Å². The lowest BCUT2D eigenvalue weighted by Crippen LogP contribution is -2.18. The van der Waals surface area contributed by atoms with E-state index >= 15 is 0 Å². The molecule has 1 heterocycles. The molecule has 2 aromatic rings. The smallest absolute Gasteiger partial charge is 0.268 e. The molecule has 0 saturated heterocycles. The second kappa shape index (κ2) is 5.24. The molecule has 0 atom stereocenters. The van der Waals surface area contributed by atoms with Gasteiger partial charge in [-0.3, -0.25) is 4.72 Å². The van der Waals surface area contributed by atoms with E-state index in [0.29, 0.717) is 11.3 Å². The molecule has 3 N–H and O–H groups in total. The molecule has 21 heavy (non-hydrogen) atoms. The van der Waals surface area contributed by atoms with Crippen LogP contribution in [-0.2, 0) is 10.0 Å². The number of aromatic nitrogens is 1. The average molecular weight is 317 g/mol. The van der Waals surface area contributed by atoms with Crippen LogP contribution < -0.4 is 10.5 Å². The first-order valence-corrected chi connectivity index (χ1v) is 7.08. The highest BCUT2D eigenvalue weighted by molar-refractivity contribution is 7.92. The summed E-state index contributed by atoms with van der Waals surface area (Å²) in [5.41, 5.74) is 6.13. The van der Waals surface area contributed by atoms with Gasteiger partial charge in [-0.05, 0) is 18.6 Å². The van der Waals surface area contributed by atoms with Gasteiger partial charge in [0, 0.05) is 12.1 Å². The molecule has 0 amide bonds. The van der Waals surface area contributed by atoms with Gasteiger partial charge in [-0.25, -0.2) is 26.6 Å². The molecule has 2 rings (SSSR count). The van der Waals surface area contributed by atoms with Crippen molar-refractivity contribution in [3.05, 3.63) is 47.4 Å². The minimum Gasteiger partial charge on any atom is -0.397 e. The van der Waals surface area contributed by atoms with Crippen LogP contribution in [0.1, 0.15) is 5.56 Å². The molecule has 0 aliphatic heterocycles. The summed E-state index contributed by atoms with van der Waals surface area (Å²) in [4.78, 5) is 2.46. The van der Waals surface area contributed by atoms with Crippen LogP contribution in [0.15, 0.2) is 29.3 Å². The van der Waals surface area contributed by atoms with Gasteiger partial charge in [0.1, 0.15) is 23.3 Å². The third-order valence-corrected chi connectivity index (χ3v) is 3.95. The van der Waals surface area contributed by atoms with E-state index in [-0.39, 0.29) is 18.0 Å². The van der Waals surface area contributed by atoms with Crippen LogP contribution in [0.25, 0.3) is 0 Å². The van der Waals surface area contributed by atoms with Crippen molar-refractivity contribution >= 4 is 21.5 Å². The monoisotopic (exact) mass is 317 g/mol. The number of nitrogens with zero attached hydrogens (tertiary/aromatic N) is 1. The van der Waals surface area contributed by atoms with Crippen LogP contribution in [0.4, 0.5) is 24.7 Å². The van der Waals surface area contributed by atoms with Crippen molar-refractivity contribution in [1.29, 1.82) is 0 Å². The maximum atomic E-state index is 13.5. The Bertz CT molecular complexity index is 786. The lowest BCUT2D eigenvalue weighted by molar-refractivity contribution is 0.498. The van der Waals surface area contributed by atoms with Crippen LogP contribution in [-0.4, -0.2) is 13.4 Å². The first-order chi connectivity index (χ1) is 9.70. The predicted molar refractivity (Wildman–Crippen MR) is 70.5 cm³/mol. The molecule has 0 bridgehead atoms. The van der Waals surface area contributed by atoms with E-state index in [1.165, 1.54) is 19.2 Å². The van der Waals surface area contributed by atoms with Crippen molar-refractivity contribution in [3.8, 4) is 0 Å². The highest BCUT2D eigenvalue weighted by atomic mass is 32.2. The number of sulfonamides is 1. The van der Waals surface area contributed by atoms with Crippen molar-refractivity contribution < 1.29 is 21.6 Å². The molecule has 0 spiro atoms. The zero-order valence-corrected chi connectivity index (χ0v) is 11.5. The molecule has 0 aliphatic carbocycles. The normalized spacial score (nSPS) is 11.4. The van der Waals surface area contributed by atoms with E-state index in [2.05, 4.69) is 4.98 Å². The molecule has 0 aliphatic rings. The second-order valence-corrected chi connectivity index (χ2v) is 5.86. The first-order valence-electron chi connectivity index (χ1n) is 5.60. The van der Waals surface area contributed by atoms with Gasteiger partial charge in [0.05, 0.1) is 11.9 Å². The Labute approximate surface area is 118 Å². The van der Waals surface area contributed by atoms with Gasteiger partial charge < -0.3 is 5.73 Å². The van der Waals surface area contributed by atoms with Crippen molar-refractivity contribution in [1.82, 2.24) is 4.98 Å². The SMILES string of the molecule is Cc1cc(N)cnc1NS(=O)(=O)c1c(F)cc(F)cc1F. The summed E-state index contributed by atoms with van der Waals surface area (Å²) in [5.74, 6) is -4.42. The van der Waals surface area contributed by atoms with E-state index in [0.717, 1.165) is 0 Å². The fraction of sp³-hybridized carbons (Fsp3) is 0.0833. The Kier molecular flexibility index (Phi) is 3.77. The summed E-state index contributed by atoms with van der Waals surface area (Å²) in [6.07, 6.45) is 1.18. The molecule has 1 aromatic heterocycles. The summed E-state index contributed by atoms with van der Waals surface area (Å²) < 4.78 is 65.8. The van der Waals surface area contributed by atoms with Crippen molar-refractivity contribution in [2.75, 3.05) is 10.5 Å². The molecule has 112 valence electrons. The molecule has 0 fully saturated rings. The number of halogens is 3. The highest BCUT2D eigenvalue weighted by Gasteiger charge is 2.26. The van der Waals surface area contributed by atoms with Gasteiger partial charge in [-0.2, -0.15) is 0 Å². The molecule has 1 aromatic carbocycles. The number of benzene rings is 1. The molecule has 0 saturated carbocycles. The summed E-state index contributed by atoms with van der Waals surface area (Å²) >= 11 is 0. The number of hydrogen-bond acceptors (Lipinski definition) is 4. The summed E-state index contributed by atoms with van der Waals surface area (Å²) in [5, 5.41) is 0. The number of nitrogens with one attached hydrogen (secondary N) is 1.